The molecular formula is C27H20N4O2. The van der Waals surface area contributed by atoms with Crippen molar-refractivity contribution in [3.8, 4) is 17.6 Å². The highest BCUT2D eigenvalue weighted by molar-refractivity contribution is 6.18. The maximum absolute atomic E-state index is 10.2. The standard InChI is InChI=1S/C27H20N4O2/c1-32-19-9-7-18(8-10-19)25-22-12-11-20(33-2)15-24(22)30-27(31-25)23(16-28)26-21-6-4-3-5-17(21)13-14-29-26/h3-15,30H,1-2H3/b27-23+. The van der Waals surface area contributed by atoms with Gasteiger partial charge in [0.05, 0.1) is 31.3 Å². The third-order valence-electron chi connectivity index (χ3n) is 5.58. The number of nitrogens with one attached hydrogen (secondary N) is 1. The van der Waals surface area contributed by atoms with Crippen LogP contribution in [-0.4, -0.2) is 24.9 Å². The van der Waals surface area contributed by atoms with Gasteiger partial charge in [0, 0.05) is 28.8 Å². The summed E-state index contributed by atoms with van der Waals surface area (Å²) in [4.78, 5) is 9.43. The molecule has 160 valence electrons. The van der Waals surface area contributed by atoms with Gasteiger partial charge in [0.1, 0.15) is 23.1 Å². The van der Waals surface area contributed by atoms with Crippen LogP contribution in [0.25, 0.3) is 16.3 Å². The Morgan fingerprint density at radius 1 is 0.909 bits per heavy atom. The molecule has 6 nitrogen and oxygen atoms in total. The van der Waals surface area contributed by atoms with Crippen LogP contribution in [0.3, 0.4) is 0 Å². The van der Waals surface area contributed by atoms with Gasteiger partial charge in [0.15, 0.2) is 5.82 Å². The Bertz CT molecular complexity index is 1460. The fourth-order valence-electron chi connectivity index (χ4n) is 3.91. The lowest BCUT2D eigenvalue weighted by Gasteiger charge is -2.22. The largest absolute Gasteiger partial charge is 0.497 e. The molecule has 0 amide bonds. The number of nitrogens with zero attached hydrogens (tertiary/aromatic N) is 3. The Morgan fingerprint density at radius 2 is 1.67 bits per heavy atom. The third kappa shape index (κ3) is 3.66. The summed E-state index contributed by atoms with van der Waals surface area (Å²) in [6.07, 6.45) is 1.71. The second-order valence-electron chi connectivity index (χ2n) is 7.44. The van der Waals surface area contributed by atoms with E-state index in [1.54, 1.807) is 20.4 Å². The van der Waals surface area contributed by atoms with Crippen LogP contribution in [0.15, 0.2) is 89.8 Å². The SMILES string of the molecule is COc1ccc(C2=N/C(=C(\C#N)c3nccc4ccccc34)Nc3cc(OC)ccc32)cc1. The van der Waals surface area contributed by atoms with Gasteiger partial charge in [0.25, 0.3) is 0 Å². The number of nitriles is 1. The zero-order valence-corrected chi connectivity index (χ0v) is 18.2. The lowest BCUT2D eigenvalue weighted by molar-refractivity contribution is 0.415. The average molecular weight is 432 g/mol. The van der Waals surface area contributed by atoms with Crippen molar-refractivity contribution in [3.63, 3.8) is 0 Å². The molecular weight excluding hydrogens is 412 g/mol. The van der Waals surface area contributed by atoms with Crippen LogP contribution in [0.2, 0.25) is 0 Å². The number of ether oxygens (including phenoxy) is 2. The number of pyridine rings is 1. The molecule has 4 aromatic rings. The summed E-state index contributed by atoms with van der Waals surface area (Å²) in [6.45, 7) is 0. The topological polar surface area (TPSA) is 79.5 Å². The van der Waals surface area contributed by atoms with Crippen molar-refractivity contribution in [3.05, 3.63) is 102 Å². The lowest BCUT2D eigenvalue weighted by atomic mass is 9.97. The van der Waals surface area contributed by atoms with Crippen molar-refractivity contribution in [2.24, 2.45) is 4.99 Å². The van der Waals surface area contributed by atoms with Crippen molar-refractivity contribution in [1.29, 1.82) is 5.26 Å². The van der Waals surface area contributed by atoms with Crippen LogP contribution in [0.5, 0.6) is 11.5 Å². The van der Waals surface area contributed by atoms with Crippen molar-refractivity contribution >= 4 is 27.7 Å². The van der Waals surface area contributed by atoms with Gasteiger partial charge >= 0.3 is 0 Å². The van der Waals surface area contributed by atoms with E-state index in [0.29, 0.717) is 22.8 Å². The van der Waals surface area contributed by atoms with E-state index in [1.165, 1.54) is 0 Å². The van der Waals surface area contributed by atoms with E-state index in [4.69, 9.17) is 14.5 Å². The van der Waals surface area contributed by atoms with Crippen molar-refractivity contribution < 1.29 is 9.47 Å². The molecule has 0 atom stereocenters. The first kappa shape index (κ1) is 20.3. The molecule has 1 aromatic heterocycles. The van der Waals surface area contributed by atoms with Gasteiger partial charge in [-0.05, 0) is 47.9 Å². The second kappa shape index (κ2) is 8.48. The smallest absolute Gasteiger partial charge is 0.151 e. The van der Waals surface area contributed by atoms with E-state index >= 15 is 0 Å². The number of fused-ring (bicyclic) bond motifs is 2. The quantitative estimate of drug-likeness (QED) is 0.436. The van der Waals surface area contributed by atoms with E-state index in [0.717, 1.165) is 39.0 Å². The lowest BCUT2D eigenvalue weighted by Crippen LogP contribution is -2.17. The van der Waals surface area contributed by atoms with E-state index in [-0.39, 0.29) is 0 Å². The molecule has 0 unspecified atom stereocenters. The highest BCUT2D eigenvalue weighted by Gasteiger charge is 2.23. The summed E-state index contributed by atoms with van der Waals surface area (Å²) in [6, 6.07) is 25.6. The summed E-state index contributed by atoms with van der Waals surface area (Å²) in [5, 5.41) is 15.4. The highest BCUT2D eigenvalue weighted by Crippen LogP contribution is 2.34. The third-order valence-corrected chi connectivity index (χ3v) is 5.58. The fourth-order valence-corrected chi connectivity index (χ4v) is 3.91. The van der Waals surface area contributed by atoms with Crippen LogP contribution in [0.1, 0.15) is 16.8 Å². The molecule has 6 heteroatoms. The van der Waals surface area contributed by atoms with Gasteiger partial charge in [-0.25, -0.2) is 4.99 Å². The van der Waals surface area contributed by atoms with Crippen LogP contribution in [-0.2, 0) is 0 Å². The number of benzene rings is 3. The maximum Gasteiger partial charge on any atom is 0.151 e. The van der Waals surface area contributed by atoms with Gasteiger partial charge in [0.2, 0.25) is 0 Å². The number of rotatable bonds is 4. The molecule has 0 spiro atoms. The minimum atomic E-state index is 0.367. The summed E-state index contributed by atoms with van der Waals surface area (Å²) in [5.74, 6) is 1.91. The number of methoxy groups -OCH3 is 2. The predicted octanol–water partition coefficient (Wildman–Crippen LogP) is 5.41. The van der Waals surface area contributed by atoms with Crippen LogP contribution in [0, 0.1) is 11.3 Å². The molecule has 2 heterocycles. The molecule has 33 heavy (non-hydrogen) atoms. The van der Waals surface area contributed by atoms with Crippen molar-refractivity contribution in [1.82, 2.24) is 4.98 Å². The first-order valence-corrected chi connectivity index (χ1v) is 10.4. The van der Waals surface area contributed by atoms with Gasteiger partial charge in [-0.15, -0.1) is 0 Å². The Hall–Kier alpha value is -4.63. The molecule has 1 aliphatic heterocycles. The minimum Gasteiger partial charge on any atom is -0.497 e. The number of hydrogen-bond acceptors (Lipinski definition) is 6. The Kier molecular flexibility index (Phi) is 5.21. The molecule has 0 radical (unpaired) electrons. The maximum atomic E-state index is 10.2. The van der Waals surface area contributed by atoms with Crippen molar-refractivity contribution in [2.45, 2.75) is 0 Å². The van der Waals surface area contributed by atoms with E-state index in [2.05, 4.69) is 16.4 Å². The van der Waals surface area contributed by atoms with Gasteiger partial charge in [-0.3, -0.25) is 4.98 Å². The van der Waals surface area contributed by atoms with Crippen LogP contribution >= 0.6 is 0 Å². The molecule has 0 aliphatic carbocycles. The molecule has 3 aromatic carbocycles. The molecule has 0 bridgehead atoms. The Balaban J connectivity index is 1.75. The first-order chi connectivity index (χ1) is 16.2. The first-order valence-electron chi connectivity index (χ1n) is 10.4. The van der Waals surface area contributed by atoms with Gasteiger partial charge in [-0.1, -0.05) is 24.3 Å². The minimum absolute atomic E-state index is 0.367. The number of aromatic nitrogens is 1. The zero-order valence-electron chi connectivity index (χ0n) is 18.2. The van der Waals surface area contributed by atoms with Gasteiger partial charge < -0.3 is 14.8 Å². The normalized spacial score (nSPS) is 13.9. The predicted molar refractivity (Wildman–Crippen MR) is 130 cm³/mol. The number of aliphatic imine (C=N–C) groups is 1. The molecule has 0 fully saturated rings. The molecule has 0 saturated carbocycles. The zero-order chi connectivity index (χ0) is 22.8. The molecule has 0 saturated heterocycles. The number of anilines is 1. The Labute approximate surface area is 191 Å². The highest BCUT2D eigenvalue weighted by atomic mass is 16.5. The fraction of sp³-hybridized carbons (Fsp3) is 0.0741. The Morgan fingerprint density at radius 3 is 2.42 bits per heavy atom. The summed E-state index contributed by atoms with van der Waals surface area (Å²) < 4.78 is 10.7. The number of hydrogen-bond donors (Lipinski definition) is 1. The summed E-state index contributed by atoms with van der Waals surface area (Å²) in [5.41, 5.74) is 4.32. The van der Waals surface area contributed by atoms with E-state index < -0.39 is 0 Å². The summed E-state index contributed by atoms with van der Waals surface area (Å²) in [7, 11) is 3.26. The van der Waals surface area contributed by atoms with Crippen LogP contribution < -0.4 is 14.8 Å². The average Bonchev–Trinajstić information content (AvgIpc) is 2.88. The second-order valence-corrected chi connectivity index (χ2v) is 7.44. The van der Waals surface area contributed by atoms with E-state index in [9.17, 15) is 5.26 Å². The van der Waals surface area contributed by atoms with E-state index in [1.807, 2.05) is 72.8 Å². The molecule has 5 rings (SSSR count). The number of allylic oxidation sites excluding steroid dienone is 1. The van der Waals surface area contributed by atoms with Crippen LogP contribution in [0.4, 0.5) is 5.69 Å². The molecule has 1 N–H and O–H groups in total. The van der Waals surface area contributed by atoms with Crippen molar-refractivity contribution in [2.75, 3.05) is 19.5 Å². The van der Waals surface area contributed by atoms with Gasteiger partial charge in [-0.2, -0.15) is 5.26 Å². The monoisotopic (exact) mass is 432 g/mol. The summed E-state index contributed by atoms with van der Waals surface area (Å²) >= 11 is 0. The molecule has 1 aliphatic rings.